The molecule has 23 heavy (non-hydrogen) atoms. The lowest BCUT2D eigenvalue weighted by Gasteiger charge is -2.40. The zero-order valence-electron chi connectivity index (χ0n) is 14.6. The summed E-state index contributed by atoms with van der Waals surface area (Å²) in [7, 11) is 0. The Morgan fingerprint density at radius 1 is 1.22 bits per heavy atom. The molecule has 0 aromatic rings. The van der Waals surface area contributed by atoms with Gasteiger partial charge < -0.3 is 4.74 Å². The third kappa shape index (κ3) is 3.02. The van der Waals surface area contributed by atoms with Gasteiger partial charge in [0.05, 0.1) is 0 Å². The second-order valence-corrected chi connectivity index (χ2v) is 8.24. The largest absolute Gasteiger partial charge is 0.458 e. The smallest absolute Gasteiger partial charge is 0.333 e. The molecule has 0 amide bonds. The maximum Gasteiger partial charge on any atom is 0.333 e. The Bertz CT molecular complexity index is 586. The number of carbonyl (C=O) groups excluding carboxylic acids is 2. The molecule has 3 rings (SSSR count). The summed E-state index contributed by atoms with van der Waals surface area (Å²) in [5.41, 5.74) is 3.35. The lowest BCUT2D eigenvalue weighted by molar-refractivity contribution is -0.152. The van der Waals surface area contributed by atoms with Crippen molar-refractivity contribution in [2.75, 3.05) is 0 Å². The molecule has 2 saturated carbocycles. The van der Waals surface area contributed by atoms with Crippen LogP contribution in [0.3, 0.4) is 0 Å². The second-order valence-electron chi connectivity index (χ2n) is 8.24. The number of rotatable bonds is 0. The van der Waals surface area contributed by atoms with Gasteiger partial charge in [-0.2, -0.15) is 0 Å². The van der Waals surface area contributed by atoms with E-state index in [-0.39, 0.29) is 29.2 Å². The lowest BCUT2D eigenvalue weighted by atomic mass is 9.69. The van der Waals surface area contributed by atoms with Gasteiger partial charge in [-0.1, -0.05) is 31.6 Å². The van der Waals surface area contributed by atoms with Crippen molar-refractivity contribution in [2.45, 2.75) is 71.8 Å². The highest BCUT2D eigenvalue weighted by Crippen LogP contribution is 2.55. The Labute approximate surface area is 139 Å². The van der Waals surface area contributed by atoms with Gasteiger partial charge in [-0.25, -0.2) is 4.79 Å². The van der Waals surface area contributed by atoms with Crippen LogP contribution in [-0.2, 0) is 14.3 Å². The molecule has 0 spiro atoms. The van der Waals surface area contributed by atoms with E-state index in [0.717, 1.165) is 43.3 Å². The molecule has 126 valence electrons. The van der Waals surface area contributed by atoms with Crippen LogP contribution in [0.5, 0.6) is 0 Å². The summed E-state index contributed by atoms with van der Waals surface area (Å²) in [5, 5.41) is 0. The first-order chi connectivity index (χ1) is 10.8. The van der Waals surface area contributed by atoms with E-state index in [1.807, 2.05) is 6.92 Å². The number of ether oxygens (including phenoxy) is 1. The highest BCUT2D eigenvalue weighted by Gasteiger charge is 2.50. The van der Waals surface area contributed by atoms with Crippen molar-refractivity contribution in [3.63, 3.8) is 0 Å². The number of Topliss-reactive ketones (excluding diaryl/α,β-unsaturated/α-hetero) is 1. The molecule has 0 aromatic carbocycles. The van der Waals surface area contributed by atoms with Crippen molar-refractivity contribution in [1.29, 1.82) is 0 Å². The number of ketones is 1. The summed E-state index contributed by atoms with van der Waals surface area (Å²) in [5.74, 6) is 0.691. The van der Waals surface area contributed by atoms with Crippen LogP contribution in [0.25, 0.3) is 0 Å². The summed E-state index contributed by atoms with van der Waals surface area (Å²) in [6.45, 7) is 10.5. The highest BCUT2D eigenvalue weighted by molar-refractivity contribution is 5.90. The van der Waals surface area contributed by atoms with Crippen LogP contribution in [0.1, 0.15) is 65.7 Å². The fourth-order valence-corrected chi connectivity index (χ4v) is 4.91. The fraction of sp³-hybridized carbons (Fsp3) is 0.700. The molecule has 1 heterocycles. The maximum absolute atomic E-state index is 12.2. The molecular formula is C20H28O3. The molecule has 4 atom stereocenters. The molecular weight excluding hydrogens is 288 g/mol. The SMILES string of the molecule is C=C1CC[C@@]2(C)CCC3=C(C)C(=O)O[C@@H](C[C@@H](C)CC(=O)C1)[C@H]32. The van der Waals surface area contributed by atoms with Crippen molar-refractivity contribution >= 4 is 11.8 Å². The van der Waals surface area contributed by atoms with Crippen LogP contribution < -0.4 is 0 Å². The van der Waals surface area contributed by atoms with E-state index in [2.05, 4.69) is 20.4 Å². The Morgan fingerprint density at radius 3 is 2.65 bits per heavy atom. The van der Waals surface area contributed by atoms with Crippen LogP contribution in [0, 0.1) is 17.3 Å². The number of esters is 1. The second kappa shape index (κ2) is 5.92. The Hall–Kier alpha value is -1.38. The van der Waals surface area contributed by atoms with Gasteiger partial charge in [0.1, 0.15) is 11.9 Å². The maximum atomic E-state index is 12.2. The van der Waals surface area contributed by atoms with Crippen LogP contribution in [0.2, 0.25) is 0 Å². The topological polar surface area (TPSA) is 43.4 Å². The quantitative estimate of drug-likeness (QED) is 0.492. The van der Waals surface area contributed by atoms with E-state index >= 15 is 0 Å². The van der Waals surface area contributed by atoms with Gasteiger partial charge in [0.2, 0.25) is 0 Å². The summed E-state index contributed by atoms with van der Waals surface area (Å²) in [6.07, 6.45) is 5.85. The van der Waals surface area contributed by atoms with Gasteiger partial charge in [0.15, 0.2) is 0 Å². The minimum absolute atomic E-state index is 0.0668. The minimum Gasteiger partial charge on any atom is -0.458 e. The Balaban J connectivity index is 1.98. The number of hydrogen-bond acceptors (Lipinski definition) is 3. The molecule has 0 aromatic heterocycles. The zero-order chi connectivity index (χ0) is 16.8. The molecule has 3 aliphatic rings. The van der Waals surface area contributed by atoms with E-state index in [4.69, 9.17) is 4.74 Å². The minimum atomic E-state index is -0.150. The van der Waals surface area contributed by atoms with Crippen LogP contribution in [-0.4, -0.2) is 17.9 Å². The number of carbonyl (C=O) groups is 2. The van der Waals surface area contributed by atoms with Crippen molar-refractivity contribution in [3.8, 4) is 0 Å². The average Bonchev–Trinajstić information content (AvgIpc) is 2.80. The molecule has 2 aliphatic carbocycles. The standard InChI is InChI=1S/C20H28O3/c1-12-5-7-20(4)8-6-16-14(3)19(22)23-17(18(16)20)11-13(2)10-15(21)9-12/h13,17-18H,1,5-11H2,2-4H3/t13-,17-,18-,20-/m0/s1. The van der Waals surface area contributed by atoms with E-state index in [1.54, 1.807) is 0 Å². The van der Waals surface area contributed by atoms with Gasteiger partial charge >= 0.3 is 5.97 Å². The summed E-state index contributed by atoms with van der Waals surface area (Å²) < 4.78 is 5.82. The van der Waals surface area contributed by atoms with Crippen molar-refractivity contribution in [1.82, 2.24) is 0 Å². The molecule has 0 unspecified atom stereocenters. The van der Waals surface area contributed by atoms with E-state index < -0.39 is 0 Å². The Morgan fingerprint density at radius 2 is 1.91 bits per heavy atom. The third-order valence-corrected chi connectivity index (χ3v) is 6.22. The zero-order valence-corrected chi connectivity index (χ0v) is 14.6. The summed E-state index contributed by atoms with van der Waals surface area (Å²) in [4.78, 5) is 24.4. The molecule has 0 radical (unpaired) electrons. The van der Waals surface area contributed by atoms with Gasteiger partial charge in [0, 0.05) is 24.3 Å². The molecule has 2 fully saturated rings. The van der Waals surface area contributed by atoms with Crippen molar-refractivity contribution in [3.05, 3.63) is 23.3 Å². The average molecular weight is 316 g/mol. The Kier molecular flexibility index (Phi) is 4.24. The van der Waals surface area contributed by atoms with Crippen LogP contribution in [0.4, 0.5) is 0 Å². The normalized spacial score (nSPS) is 38.9. The van der Waals surface area contributed by atoms with Gasteiger partial charge in [-0.15, -0.1) is 0 Å². The molecule has 0 N–H and O–H groups in total. The summed E-state index contributed by atoms with van der Waals surface area (Å²) in [6, 6.07) is 0. The molecule has 0 saturated heterocycles. The monoisotopic (exact) mass is 316 g/mol. The molecule has 3 heteroatoms. The predicted molar refractivity (Wildman–Crippen MR) is 89.8 cm³/mol. The van der Waals surface area contributed by atoms with Gasteiger partial charge in [0.25, 0.3) is 0 Å². The first-order valence-electron chi connectivity index (χ1n) is 8.89. The summed E-state index contributed by atoms with van der Waals surface area (Å²) >= 11 is 0. The molecule has 3 nitrogen and oxygen atoms in total. The van der Waals surface area contributed by atoms with Gasteiger partial charge in [-0.05, 0) is 50.4 Å². The molecule has 1 aliphatic heterocycles. The van der Waals surface area contributed by atoms with Crippen molar-refractivity contribution < 1.29 is 14.3 Å². The lowest BCUT2D eigenvalue weighted by Crippen LogP contribution is -2.41. The van der Waals surface area contributed by atoms with E-state index in [9.17, 15) is 9.59 Å². The predicted octanol–water partition coefficient (Wildman–Crippen LogP) is 4.37. The van der Waals surface area contributed by atoms with E-state index in [1.165, 1.54) is 5.57 Å². The van der Waals surface area contributed by atoms with Gasteiger partial charge in [-0.3, -0.25) is 4.79 Å². The van der Waals surface area contributed by atoms with Crippen LogP contribution >= 0.6 is 0 Å². The first kappa shape index (κ1) is 16.5. The highest BCUT2D eigenvalue weighted by atomic mass is 16.5. The number of allylic oxidation sites excluding steroid dienone is 1. The fourth-order valence-electron chi connectivity index (χ4n) is 4.91. The van der Waals surface area contributed by atoms with E-state index in [0.29, 0.717) is 18.8 Å². The first-order valence-corrected chi connectivity index (χ1v) is 8.89. The third-order valence-electron chi connectivity index (χ3n) is 6.22. The van der Waals surface area contributed by atoms with Crippen LogP contribution in [0.15, 0.2) is 23.3 Å². The number of hydrogen-bond donors (Lipinski definition) is 0. The molecule has 0 bridgehead atoms. The van der Waals surface area contributed by atoms with Crippen molar-refractivity contribution in [2.24, 2.45) is 17.3 Å².